The molecule has 1 aromatic heterocycles. The van der Waals surface area contributed by atoms with Crippen molar-refractivity contribution in [2.24, 2.45) is 0 Å². The molecule has 0 amide bonds. The van der Waals surface area contributed by atoms with Gasteiger partial charge in [-0.05, 0) is 31.2 Å². The number of nitrogens with one attached hydrogen (secondary N) is 1. The second kappa shape index (κ2) is 5.39. The Morgan fingerprint density at radius 1 is 1.30 bits per heavy atom. The third-order valence-corrected chi connectivity index (χ3v) is 5.57. The summed E-state index contributed by atoms with van der Waals surface area (Å²) in [5.41, 5.74) is 0.134. The van der Waals surface area contributed by atoms with E-state index in [1.54, 1.807) is 12.1 Å². The summed E-state index contributed by atoms with van der Waals surface area (Å²) in [6.45, 7) is 1.50. The molecule has 20 heavy (non-hydrogen) atoms. The van der Waals surface area contributed by atoms with Gasteiger partial charge in [-0.2, -0.15) is 0 Å². The molecule has 0 saturated heterocycles. The van der Waals surface area contributed by atoms with Gasteiger partial charge in [-0.15, -0.1) is 11.3 Å². The lowest BCUT2D eigenvalue weighted by molar-refractivity contribution is -0.385. The number of hydrogen-bond donors (Lipinski definition) is 1. The van der Waals surface area contributed by atoms with E-state index >= 15 is 0 Å². The van der Waals surface area contributed by atoms with Crippen LogP contribution in [0, 0.1) is 17.0 Å². The van der Waals surface area contributed by atoms with Crippen molar-refractivity contribution in [3.8, 4) is 0 Å². The number of halogens is 1. The number of aryl methyl sites for hydroxylation is 1. The minimum absolute atomic E-state index is 0.100. The number of hydrogen-bond acceptors (Lipinski definition) is 5. The van der Waals surface area contributed by atoms with E-state index in [1.807, 2.05) is 0 Å². The Bertz CT molecular complexity index is 753. The fourth-order valence-electron chi connectivity index (χ4n) is 1.48. The predicted molar refractivity (Wildman–Crippen MR) is 78.0 cm³/mol. The van der Waals surface area contributed by atoms with Crippen LogP contribution in [0.15, 0.2) is 34.5 Å². The first-order chi connectivity index (χ1) is 9.29. The highest BCUT2D eigenvalue weighted by Crippen LogP contribution is 2.32. The lowest BCUT2D eigenvalue weighted by Gasteiger charge is -2.05. The van der Waals surface area contributed by atoms with Crippen LogP contribution in [0.1, 0.15) is 4.88 Å². The number of nitro groups is 1. The zero-order chi connectivity index (χ0) is 14.9. The van der Waals surface area contributed by atoms with Gasteiger partial charge < -0.3 is 0 Å². The largest absolute Gasteiger partial charge is 0.284 e. The van der Waals surface area contributed by atoms with Crippen molar-refractivity contribution >= 4 is 44.3 Å². The van der Waals surface area contributed by atoms with Crippen molar-refractivity contribution in [2.45, 2.75) is 11.1 Å². The van der Waals surface area contributed by atoms with Gasteiger partial charge >= 0.3 is 0 Å². The molecule has 2 aromatic rings. The topological polar surface area (TPSA) is 89.3 Å². The smallest absolute Gasteiger partial charge is 0.279 e. The molecule has 0 saturated carbocycles. The molecule has 1 heterocycles. The molecule has 0 bridgehead atoms. The molecule has 0 spiro atoms. The number of benzene rings is 1. The Kier molecular flexibility index (Phi) is 3.98. The van der Waals surface area contributed by atoms with E-state index in [0.717, 1.165) is 17.4 Å². The van der Waals surface area contributed by atoms with Gasteiger partial charge in [-0.25, -0.2) is 8.42 Å². The summed E-state index contributed by atoms with van der Waals surface area (Å²) in [5, 5.41) is 11.2. The summed E-state index contributed by atoms with van der Waals surface area (Å²) in [7, 11) is -3.84. The molecule has 1 aromatic carbocycles. The van der Waals surface area contributed by atoms with Crippen molar-refractivity contribution in [1.82, 2.24) is 0 Å². The monoisotopic (exact) mass is 332 g/mol. The molecule has 0 atom stereocenters. The van der Waals surface area contributed by atoms with Crippen molar-refractivity contribution in [3.05, 3.63) is 50.3 Å². The molecular weight excluding hydrogens is 324 g/mol. The van der Waals surface area contributed by atoms with E-state index in [-0.39, 0.29) is 9.90 Å². The van der Waals surface area contributed by atoms with E-state index in [2.05, 4.69) is 4.72 Å². The van der Waals surface area contributed by atoms with E-state index in [4.69, 9.17) is 11.6 Å². The molecule has 2 rings (SSSR count). The van der Waals surface area contributed by atoms with Crippen LogP contribution in [-0.2, 0) is 10.0 Å². The highest BCUT2D eigenvalue weighted by molar-refractivity contribution is 7.94. The van der Waals surface area contributed by atoms with Crippen molar-refractivity contribution < 1.29 is 13.3 Å². The number of anilines is 1. The standard InChI is InChI=1S/C11H9ClN2O4S2/c1-7-10(14(15)16)6-11(19-7)20(17,18)13-9-4-2-8(12)3-5-9/h2-6,13H,1H3. The van der Waals surface area contributed by atoms with Crippen LogP contribution in [0.5, 0.6) is 0 Å². The molecule has 0 radical (unpaired) electrons. The van der Waals surface area contributed by atoms with Crippen LogP contribution in [0.25, 0.3) is 0 Å². The first-order valence-corrected chi connectivity index (χ1v) is 8.00. The summed E-state index contributed by atoms with van der Waals surface area (Å²) >= 11 is 6.56. The Hall–Kier alpha value is -1.64. The minimum Gasteiger partial charge on any atom is -0.279 e. The van der Waals surface area contributed by atoms with Crippen LogP contribution in [0.3, 0.4) is 0 Å². The lowest BCUT2D eigenvalue weighted by Crippen LogP contribution is -2.11. The Morgan fingerprint density at radius 3 is 2.40 bits per heavy atom. The number of nitrogens with zero attached hydrogens (tertiary/aromatic N) is 1. The Morgan fingerprint density at radius 2 is 1.90 bits per heavy atom. The molecule has 6 nitrogen and oxygen atoms in total. The van der Waals surface area contributed by atoms with Gasteiger partial charge in [0.15, 0.2) is 0 Å². The van der Waals surface area contributed by atoms with Gasteiger partial charge in [0.2, 0.25) is 0 Å². The third-order valence-electron chi connectivity index (χ3n) is 2.43. The molecule has 106 valence electrons. The van der Waals surface area contributed by atoms with Crippen LogP contribution >= 0.6 is 22.9 Å². The highest BCUT2D eigenvalue weighted by Gasteiger charge is 2.24. The minimum atomic E-state index is -3.84. The van der Waals surface area contributed by atoms with Gasteiger partial charge in [0.1, 0.15) is 4.21 Å². The molecule has 0 aliphatic carbocycles. The maximum Gasteiger partial charge on any atom is 0.284 e. The van der Waals surface area contributed by atoms with Crippen LogP contribution in [0.2, 0.25) is 5.02 Å². The zero-order valence-electron chi connectivity index (χ0n) is 10.2. The van der Waals surface area contributed by atoms with E-state index in [0.29, 0.717) is 15.6 Å². The van der Waals surface area contributed by atoms with Gasteiger partial charge in [0, 0.05) is 16.8 Å². The molecule has 0 unspecified atom stereocenters. The fraction of sp³-hybridized carbons (Fsp3) is 0.0909. The number of thiophene rings is 1. The summed E-state index contributed by atoms with van der Waals surface area (Å²) in [6.07, 6.45) is 0. The maximum absolute atomic E-state index is 12.1. The average molecular weight is 333 g/mol. The van der Waals surface area contributed by atoms with Gasteiger partial charge in [0.25, 0.3) is 15.7 Å². The molecule has 9 heteroatoms. The van der Waals surface area contributed by atoms with Gasteiger partial charge in [-0.3, -0.25) is 14.8 Å². The zero-order valence-corrected chi connectivity index (χ0v) is 12.6. The maximum atomic E-state index is 12.1. The van der Waals surface area contributed by atoms with E-state index in [1.165, 1.54) is 19.1 Å². The van der Waals surface area contributed by atoms with E-state index in [9.17, 15) is 18.5 Å². The highest BCUT2D eigenvalue weighted by atomic mass is 35.5. The predicted octanol–water partition coefficient (Wildman–Crippen LogP) is 3.42. The van der Waals surface area contributed by atoms with Gasteiger partial charge in [-0.1, -0.05) is 11.6 Å². The van der Waals surface area contributed by atoms with Gasteiger partial charge in [0.05, 0.1) is 9.80 Å². The first kappa shape index (κ1) is 14.8. The summed E-state index contributed by atoms with van der Waals surface area (Å²) in [4.78, 5) is 10.5. The molecule has 0 fully saturated rings. The third kappa shape index (κ3) is 3.09. The van der Waals surface area contributed by atoms with Crippen molar-refractivity contribution in [2.75, 3.05) is 4.72 Å². The Balaban J connectivity index is 2.33. The molecule has 0 aliphatic heterocycles. The summed E-state index contributed by atoms with van der Waals surface area (Å²) in [5.74, 6) is 0. The normalized spacial score (nSPS) is 11.3. The molecule has 1 N–H and O–H groups in total. The quantitative estimate of drug-likeness (QED) is 0.686. The fourth-order valence-corrected chi connectivity index (χ4v) is 4.07. The molecule has 0 aliphatic rings. The van der Waals surface area contributed by atoms with Crippen LogP contribution < -0.4 is 4.72 Å². The van der Waals surface area contributed by atoms with Crippen LogP contribution in [-0.4, -0.2) is 13.3 Å². The second-order valence-electron chi connectivity index (χ2n) is 3.88. The summed E-state index contributed by atoms with van der Waals surface area (Å²) < 4.78 is 26.5. The SMILES string of the molecule is Cc1sc(S(=O)(=O)Nc2ccc(Cl)cc2)cc1[N+](=O)[O-]. The van der Waals surface area contributed by atoms with E-state index < -0.39 is 14.9 Å². The number of sulfonamides is 1. The second-order valence-corrected chi connectivity index (χ2v) is 7.48. The average Bonchev–Trinajstić information content (AvgIpc) is 2.75. The van der Waals surface area contributed by atoms with Crippen molar-refractivity contribution in [1.29, 1.82) is 0 Å². The lowest BCUT2D eigenvalue weighted by atomic mass is 10.3. The van der Waals surface area contributed by atoms with Crippen LogP contribution in [0.4, 0.5) is 11.4 Å². The van der Waals surface area contributed by atoms with Crippen molar-refractivity contribution in [3.63, 3.8) is 0 Å². The Labute approximate surface area is 124 Å². The summed E-state index contributed by atoms with van der Waals surface area (Å²) in [6, 6.07) is 7.16. The first-order valence-electron chi connectivity index (χ1n) is 5.33. The molecular formula is C11H9ClN2O4S2. The number of rotatable bonds is 4.